The fourth-order valence-corrected chi connectivity index (χ4v) is 5.38. The van der Waals surface area contributed by atoms with E-state index in [0.717, 1.165) is 16.8 Å². The van der Waals surface area contributed by atoms with Gasteiger partial charge in [0.2, 0.25) is 15.9 Å². The average molecular weight is 447 g/mol. The molecule has 0 radical (unpaired) electrons. The number of nitrogens with zero attached hydrogens (tertiary/aromatic N) is 3. The zero-order valence-electron chi connectivity index (χ0n) is 16.9. The zero-order chi connectivity index (χ0) is 21.9. The minimum Gasteiger partial charge on any atom is -0.324 e. The smallest absolute Gasteiger partial charge is 0.244 e. The Hall–Kier alpha value is -2.44. The number of hydrogen-bond donors (Lipinski definition) is 1. The molecule has 3 rings (SSSR count). The molecular weight excluding hydrogens is 424 g/mol. The molecule has 1 N–H and O–H groups in total. The van der Waals surface area contributed by atoms with E-state index in [4.69, 9.17) is 16.9 Å². The molecule has 0 spiro atoms. The normalized spacial score (nSPS) is 15.5. The highest BCUT2D eigenvalue weighted by Gasteiger charge is 2.30. The number of carbonyl (C=O) groups excluding carboxylic acids is 1. The molecule has 0 bridgehead atoms. The van der Waals surface area contributed by atoms with Gasteiger partial charge in [-0.2, -0.15) is 9.57 Å². The van der Waals surface area contributed by atoms with Crippen molar-refractivity contribution in [3.8, 4) is 6.07 Å². The number of para-hydroxylation sites is 1. The molecule has 1 heterocycles. The van der Waals surface area contributed by atoms with E-state index in [1.54, 1.807) is 0 Å². The number of halogens is 1. The Kier molecular flexibility index (Phi) is 6.78. The first-order valence-electron chi connectivity index (χ1n) is 9.50. The van der Waals surface area contributed by atoms with E-state index in [1.165, 1.54) is 22.5 Å². The molecule has 0 aromatic heterocycles. The van der Waals surface area contributed by atoms with Crippen LogP contribution in [0.1, 0.15) is 16.7 Å². The fraction of sp³-hybridized carbons (Fsp3) is 0.333. The second kappa shape index (κ2) is 9.14. The maximum absolute atomic E-state index is 12.9. The van der Waals surface area contributed by atoms with Crippen LogP contribution in [0.25, 0.3) is 0 Å². The molecule has 1 amide bonds. The molecule has 7 nitrogen and oxygen atoms in total. The van der Waals surface area contributed by atoms with Gasteiger partial charge in [-0.1, -0.05) is 29.8 Å². The van der Waals surface area contributed by atoms with E-state index in [9.17, 15) is 13.2 Å². The highest BCUT2D eigenvalue weighted by molar-refractivity contribution is 7.89. The lowest BCUT2D eigenvalue weighted by molar-refractivity contribution is -0.117. The van der Waals surface area contributed by atoms with Crippen molar-refractivity contribution in [2.75, 3.05) is 38.0 Å². The Bertz CT molecular complexity index is 1080. The van der Waals surface area contributed by atoms with E-state index >= 15 is 0 Å². The summed E-state index contributed by atoms with van der Waals surface area (Å²) >= 11 is 6.09. The summed E-state index contributed by atoms with van der Waals surface area (Å²) in [6.45, 7) is 5.48. The van der Waals surface area contributed by atoms with Crippen LogP contribution < -0.4 is 5.32 Å². The Morgan fingerprint density at radius 1 is 1.13 bits per heavy atom. The van der Waals surface area contributed by atoms with Gasteiger partial charge in [0.1, 0.15) is 4.90 Å². The number of carbonyl (C=O) groups is 1. The van der Waals surface area contributed by atoms with E-state index < -0.39 is 10.0 Å². The maximum atomic E-state index is 12.9. The first-order chi connectivity index (χ1) is 14.2. The average Bonchev–Trinajstić information content (AvgIpc) is 2.71. The summed E-state index contributed by atoms with van der Waals surface area (Å²) in [6.07, 6.45) is 0. The van der Waals surface area contributed by atoms with Crippen LogP contribution in [0.4, 0.5) is 5.69 Å². The molecule has 1 aliphatic heterocycles. The molecule has 0 aliphatic carbocycles. The third kappa shape index (κ3) is 4.82. The third-order valence-electron chi connectivity index (χ3n) is 5.12. The van der Waals surface area contributed by atoms with Crippen LogP contribution >= 0.6 is 11.6 Å². The first kappa shape index (κ1) is 22.2. The lowest BCUT2D eigenvalue weighted by Gasteiger charge is -2.33. The van der Waals surface area contributed by atoms with Crippen LogP contribution in [0, 0.1) is 25.2 Å². The lowest BCUT2D eigenvalue weighted by atomic mass is 10.1. The van der Waals surface area contributed by atoms with Crippen molar-refractivity contribution in [1.82, 2.24) is 9.21 Å². The summed E-state index contributed by atoms with van der Waals surface area (Å²) in [4.78, 5) is 14.4. The summed E-state index contributed by atoms with van der Waals surface area (Å²) in [5, 5.41) is 11.9. The Morgan fingerprint density at radius 2 is 1.77 bits per heavy atom. The zero-order valence-corrected chi connectivity index (χ0v) is 18.4. The van der Waals surface area contributed by atoms with Gasteiger partial charge in [-0.3, -0.25) is 9.69 Å². The summed E-state index contributed by atoms with van der Waals surface area (Å²) < 4.78 is 27.2. The molecule has 1 fully saturated rings. The van der Waals surface area contributed by atoms with Crippen molar-refractivity contribution in [1.29, 1.82) is 5.26 Å². The number of nitrogens with one attached hydrogen (secondary N) is 1. The molecule has 1 aliphatic rings. The van der Waals surface area contributed by atoms with Gasteiger partial charge in [0.05, 0.1) is 23.2 Å². The van der Waals surface area contributed by atoms with Crippen LogP contribution in [0.5, 0.6) is 0 Å². The van der Waals surface area contributed by atoms with Gasteiger partial charge in [-0.05, 0) is 43.2 Å². The lowest BCUT2D eigenvalue weighted by Crippen LogP contribution is -2.50. The highest BCUT2D eigenvalue weighted by atomic mass is 35.5. The van der Waals surface area contributed by atoms with Crippen LogP contribution in [0.2, 0.25) is 5.02 Å². The number of hydrogen-bond acceptors (Lipinski definition) is 5. The molecule has 30 heavy (non-hydrogen) atoms. The minimum atomic E-state index is -3.76. The number of amides is 1. The largest absolute Gasteiger partial charge is 0.324 e. The second-order valence-corrected chi connectivity index (χ2v) is 9.57. The standard InChI is InChI=1S/C21H23ClN4O3S/c1-15-4-3-5-16(2)21(15)24-20(27)14-25-8-10-26(11-9-25)30(28,29)19-7-6-17(13-23)12-18(19)22/h3-7,12H,8-11,14H2,1-2H3,(H,24,27). The molecule has 158 valence electrons. The van der Waals surface area contributed by atoms with E-state index in [1.807, 2.05) is 43.0 Å². The van der Waals surface area contributed by atoms with Gasteiger partial charge >= 0.3 is 0 Å². The van der Waals surface area contributed by atoms with Gasteiger partial charge in [0.15, 0.2) is 0 Å². The molecule has 2 aromatic rings. The summed E-state index contributed by atoms with van der Waals surface area (Å²) in [5.74, 6) is -0.126. The van der Waals surface area contributed by atoms with Crippen molar-refractivity contribution < 1.29 is 13.2 Å². The van der Waals surface area contributed by atoms with Gasteiger partial charge in [0.25, 0.3) is 0 Å². The summed E-state index contributed by atoms with van der Waals surface area (Å²) in [6, 6.07) is 11.9. The molecule has 0 atom stereocenters. The monoisotopic (exact) mass is 446 g/mol. The van der Waals surface area contributed by atoms with Gasteiger partial charge in [0, 0.05) is 31.9 Å². The molecule has 9 heteroatoms. The number of rotatable bonds is 5. The van der Waals surface area contributed by atoms with Gasteiger partial charge in [-0.15, -0.1) is 0 Å². The Labute approximate surface area is 181 Å². The number of nitriles is 1. The minimum absolute atomic E-state index is 0.00983. The number of piperazine rings is 1. The Balaban J connectivity index is 1.60. The van der Waals surface area contributed by atoms with Crippen LogP contribution in [-0.4, -0.2) is 56.3 Å². The first-order valence-corrected chi connectivity index (χ1v) is 11.3. The van der Waals surface area contributed by atoms with Crippen molar-refractivity contribution in [3.05, 3.63) is 58.1 Å². The van der Waals surface area contributed by atoms with Crippen molar-refractivity contribution in [2.45, 2.75) is 18.7 Å². The molecule has 0 unspecified atom stereocenters. The van der Waals surface area contributed by atoms with E-state index in [0.29, 0.717) is 18.7 Å². The van der Waals surface area contributed by atoms with Crippen LogP contribution in [-0.2, 0) is 14.8 Å². The number of sulfonamides is 1. The number of anilines is 1. The Morgan fingerprint density at radius 3 is 2.33 bits per heavy atom. The number of benzene rings is 2. The van der Waals surface area contributed by atoms with Gasteiger partial charge < -0.3 is 5.32 Å². The van der Waals surface area contributed by atoms with Crippen LogP contribution in [0.3, 0.4) is 0 Å². The molecular formula is C21H23ClN4O3S. The molecule has 2 aromatic carbocycles. The molecule has 1 saturated heterocycles. The maximum Gasteiger partial charge on any atom is 0.244 e. The highest BCUT2D eigenvalue weighted by Crippen LogP contribution is 2.26. The third-order valence-corrected chi connectivity index (χ3v) is 7.50. The van der Waals surface area contributed by atoms with E-state index in [-0.39, 0.29) is 35.5 Å². The predicted octanol–water partition coefficient (Wildman–Crippen LogP) is 2.77. The summed E-state index contributed by atoms with van der Waals surface area (Å²) in [7, 11) is -3.76. The quantitative estimate of drug-likeness (QED) is 0.762. The predicted molar refractivity (Wildman–Crippen MR) is 116 cm³/mol. The van der Waals surface area contributed by atoms with E-state index in [2.05, 4.69) is 5.32 Å². The van der Waals surface area contributed by atoms with Crippen molar-refractivity contribution >= 4 is 33.2 Å². The molecule has 0 saturated carbocycles. The fourth-order valence-electron chi connectivity index (χ4n) is 3.44. The van der Waals surface area contributed by atoms with Crippen molar-refractivity contribution in [3.63, 3.8) is 0 Å². The van der Waals surface area contributed by atoms with Crippen LogP contribution in [0.15, 0.2) is 41.3 Å². The van der Waals surface area contributed by atoms with Crippen molar-refractivity contribution in [2.24, 2.45) is 0 Å². The number of aryl methyl sites for hydroxylation is 2. The topological polar surface area (TPSA) is 93.5 Å². The SMILES string of the molecule is Cc1cccc(C)c1NC(=O)CN1CCN(S(=O)(=O)c2ccc(C#N)cc2Cl)CC1. The van der Waals surface area contributed by atoms with Gasteiger partial charge in [-0.25, -0.2) is 8.42 Å². The second-order valence-electron chi connectivity index (χ2n) is 7.25. The summed E-state index contributed by atoms with van der Waals surface area (Å²) in [5.41, 5.74) is 3.12.